The number of rotatable bonds is 5. The van der Waals surface area contributed by atoms with Crippen LogP contribution in [0.15, 0.2) is 18.3 Å². The molecule has 0 aliphatic carbocycles. The fourth-order valence-electron chi connectivity index (χ4n) is 2.21. The summed E-state index contributed by atoms with van der Waals surface area (Å²) >= 11 is 0. The molecule has 100 valence electrons. The third-order valence-electron chi connectivity index (χ3n) is 3.35. The summed E-state index contributed by atoms with van der Waals surface area (Å²) in [4.78, 5) is 9.01. The summed E-state index contributed by atoms with van der Waals surface area (Å²) in [6.45, 7) is 5.07. The minimum Gasteiger partial charge on any atom is -0.354 e. The number of halogens is 1. The molecule has 0 atom stereocenters. The van der Waals surface area contributed by atoms with E-state index in [0.717, 1.165) is 44.1 Å². The van der Waals surface area contributed by atoms with Gasteiger partial charge in [-0.25, -0.2) is 4.98 Å². The van der Waals surface area contributed by atoms with Gasteiger partial charge in [0.25, 0.3) is 0 Å². The highest BCUT2D eigenvalue weighted by atomic mass is 19.1. The normalized spacial score (nSPS) is 17.1. The average Bonchev–Trinajstić information content (AvgIpc) is 2.46. The van der Waals surface area contributed by atoms with Crippen LogP contribution in [0.2, 0.25) is 0 Å². The van der Waals surface area contributed by atoms with E-state index in [-0.39, 0.29) is 6.67 Å². The maximum atomic E-state index is 12.1. The summed E-state index contributed by atoms with van der Waals surface area (Å²) in [5.74, 6) is 1.01. The van der Waals surface area contributed by atoms with Crippen LogP contribution in [0, 0.1) is 0 Å². The van der Waals surface area contributed by atoms with Gasteiger partial charge in [-0.3, -0.25) is 9.29 Å². The Morgan fingerprint density at radius 2 is 2.00 bits per heavy atom. The van der Waals surface area contributed by atoms with Crippen molar-refractivity contribution in [2.75, 3.05) is 44.3 Å². The van der Waals surface area contributed by atoms with Gasteiger partial charge < -0.3 is 10.6 Å². The van der Waals surface area contributed by atoms with Crippen molar-refractivity contribution in [2.45, 2.75) is 13.0 Å². The van der Waals surface area contributed by atoms with Gasteiger partial charge in [0.05, 0.1) is 6.67 Å². The Labute approximate surface area is 108 Å². The largest absolute Gasteiger partial charge is 0.354 e. The van der Waals surface area contributed by atoms with Gasteiger partial charge in [0.15, 0.2) is 0 Å². The van der Waals surface area contributed by atoms with Gasteiger partial charge in [-0.15, -0.1) is 0 Å². The zero-order chi connectivity index (χ0) is 12.8. The summed E-state index contributed by atoms with van der Waals surface area (Å²) in [6, 6.07) is 4.05. The molecule has 0 unspecified atom stereocenters. The van der Waals surface area contributed by atoms with Crippen molar-refractivity contribution in [3.8, 4) is 0 Å². The maximum absolute atomic E-state index is 12.1. The van der Waals surface area contributed by atoms with Gasteiger partial charge in [0.2, 0.25) is 0 Å². The second-order valence-corrected chi connectivity index (χ2v) is 4.60. The summed E-state index contributed by atoms with van der Waals surface area (Å²) in [6.07, 6.45) is 2.48. The zero-order valence-corrected chi connectivity index (χ0v) is 10.7. The van der Waals surface area contributed by atoms with Crippen molar-refractivity contribution in [3.05, 3.63) is 23.9 Å². The van der Waals surface area contributed by atoms with E-state index >= 15 is 0 Å². The first-order valence-corrected chi connectivity index (χ1v) is 6.51. The highest BCUT2D eigenvalue weighted by Gasteiger charge is 2.17. The first-order chi connectivity index (χ1) is 8.83. The third-order valence-corrected chi connectivity index (χ3v) is 3.35. The highest BCUT2D eigenvalue weighted by Crippen LogP contribution is 2.14. The Morgan fingerprint density at radius 3 is 2.56 bits per heavy atom. The quantitative estimate of drug-likeness (QED) is 0.850. The molecule has 2 rings (SSSR count). The Kier molecular flexibility index (Phi) is 4.90. The molecule has 1 aromatic heterocycles. The topological polar surface area (TPSA) is 45.4 Å². The van der Waals surface area contributed by atoms with Crippen LogP contribution < -0.4 is 10.6 Å². The number of anilines is 1. The van der Waals surface area contributed by atoms with Gasteiger partial charge in [0, 0.05) is 45.5 Å². The van der Waals surface area contributed by atoms with Crippen LogP contribution in [0.25, 0.3) is 0 Å². The van der Waals surface area contributed by atoms with Crippen molar-refractivity contribution in [1.29, 1.82) is 0 Å². The van der Waals surface area contributed by atoms with Gasteiger partial charge >= 0.3 is 0 Å². The number of hydrogen-bond acceptors (Lipinski definition) is 4. The Bertz CT molecular complexity index is 347. The number of alkyl halides is 1. The average molecular weight is 252 g/mol. The van der Waals surface area contributed by atoms with Crippen molar-refractivity contribution in [1.82, 2.24) is 9.88 Å². The maximum Gasteiger partial charge on any atom is 0.128 e. The molecule has 18 heavy (non-hydrogen) atoms. The Balaban J connectivity index is 1.84. The van der Waals surface area contributed by atoms with E-state index in [2.05, 4.69) is 14.8 Å². The zero-order valence-electron chi connectivity index (χ0n) is 10.7. The predicted octanol–water partition coefficient (Wildman–Crippen LogP) is 1.02. The summed E-state index contributed by atoms with van der Waals surface area (Å²) in [5, 5.41) is 0. The lowest BCUT2D eigenvalue weighted by atomic mass is 10.2. The highest BCUT2D eigenvalue weighted by molar-refractivity contribution is 5.39. The summed E-state index contributed by atoms with van der Waals surface area (Å²) < 4.78 is 12.1. The lowest BCUT2D eigenvalue weighted by Gasteiger charge is -2.35. The van der Waals surface area contributed by atoms with E-state index in [4.69, 9.17) is 5.73 Å². The molecule has 1 aliphatic rings. The second-order valence-electron chi connectivity index (χ2n) is 4.60. The van der Waals surface area contributed by atoms with E-state index < -0.39 is 0 Å². The molecule has 1 aliphatic heterocycles. The van der Waals surface area contributed by atoms with E-state index in [1.165, 1.54) is 0 Å². The lowest BCUT2D eigenvalue weighted by Crippen LogP contribution is -2.47. The van der Waals surface area contributed by atoms with Crippen LogP contribution in [0.5, 0.6) is 0 Å². The number of nitrogens with two attached hydrogens (primary N) is 1. The SMILES string of the molecule is NCc1ccc(N2CCN(CCCF)CC2)nc1. The van der Waals surface area contributed by atoms with Crippen LogP contribution in [-0.4, -0.2) is 49.3 Å². The monoisotopic (exact) mass is 252 g/mol. The van der Waals surface area contributed by atoms with Crippen molar-refractivity contribution in [3.63, 3.8) is 0 Å². The molecule has 0 spiro atoms. The van der Waals surface area contributed by atoms with Crippen molar-refractivity contribution in [2.24, 2.45) is 5.73 Å². The second kappa shape index (κ2) is 6.66. The minimum absolute atomic E-state index is 0.220. The van der Waals surface area contributed by atoms with Crippen molar-refractivity contribution >= 4 is 5.82 Å². The minimum atomic E-state index is -0.220. The standard InChI is InChI=1S/C13H21FN4/c14-4-1-5-17-6-8-18(9-7-17)13-3-2-12(10-15)11-16-13/h2-3,11H,1,4-10,15H2. The Morgan fingerprint density at radius 1 is 1.22 bits per heavy atom. The molecule has 1 aromatic rings. The van der Waals surface area contributed by atoms with Crippen LogP contribution in [0.3, 0.4) is 0 Å². The van der Waals surface area contributed by atoms with E-state index in [0.29, 0.717) is 13.0 Å². The smallest absolute Gasteiger partial charge is 0.128 e. The molecule has 0 aromatic carbocycles. The third kappa shape index (κ3) is 3.40. The molecule has 2 heterocycles. The number of aromatic nitrogens is 1. The van der Waals surface area contributed by atoms with Gasteiger partial charge in [-0.2, -0.15) is 0 Å². The first-order valence-electron chi connectivity index (χ1n) is 6.51. The Hall–Kier alpha value is -1.20. The molecular formula is C13H21FN4. The van der Waals surface area contributed by atoms with Gasteiger partial charge in [0.1, 0.15) is 5.82 Å². The summed E-state index contributed by atoms with van der Waals surface area (Å²) in [7, 11) is 0. The van der Waals surface area contributed by atoms with Gasteiger partial charge in [-0.05, 0) is 18.1 Å². The number of hydrogen-bond donors (Lipinski definition) is 1. The molecule has 0 bridgehead atoms. The van der Waals surface area contributed by atoms with E-state index in [1.807, 2.05) is 18.3 Å². The van der Waals surface area contributed by atoms with Gasteiger partial charge in [-0.1, -0.05) is 6.07 Å². The van der Waals surface area contributed by atoms with E-state index in [1.54, 1.807) is 0 Å². The number of piperazine rings is 1. The molecule has 0 saturated carbocycles. The van der Waals surface area contributed by atoms with Crippen LogP contribution >= 0.6 is 0 Å². The molecule has 5 heteroatoms. The van der Waals surface area contributed by atoms with E-state index in [9.17, 15) is 4.39 Å². The molecule has 4 nitrogen and oxygen atoms in total. The number of nitrogens with zero attached hydrogens (tertiary/aromatic N) is 3. The molecule has 0 amide bonds. The number of pyridine rings is 1. The molecule has 0 radical (unpaired) electrons. The molecule has 2 N–H and O–H groups in total. The predicted molar refractivity (Wildman–Crippen MR) is 71.4 cm³/mol. The van der Waals surface area contributed by atoms with Crippen molar-refractivity contribution < 1.29 is 4.39 Å². The van der Waals surface area contributed by atoms with Crippen LogP contribution in [-0.2, 0) is 6.54 Å². The fourth-order valence-corrected chi connectivity index (χ4v) is 2.21. The molecule has 1 fully saturated rings. The van der Waals surface area contributed by atoms with Crippen LogP contribution in [0.4, 0.5) is 10.2 Å². The fraction of sp³-hybridized carbons (Fsp3) is 0.615. The van der Waals surface area contributed by atoms with Crippen LogP contribution in [0.1, 0.15) is 12.0 Å². The first kappa shape index (κ1) is 13.2. The molecule has 1 saturated heterocycles. The lowest BCUT2D eigenvalue weighted by molar-refractivity contribution is 0.244. The summed E-state index contributed by atoms with van der Waals surface area (Å²) in [5.41, 5.74) is 6.61. The molecular weight excluding hydrogens is 231 g/mol.